The van der Waals surface area contributed by atoms with Crippen LogP contribution in [0, 0.1) is 6.92 Å². The molecule has 0 bridgehead atoms. The van der Waals surface area contributed by atoms with Crippen molar-refractivity contribution in [3.63, 3.8) is 0 Å². The summed E-state index contributed by atoms with van der Waals surface area (Å²) < 4.78 is 6.58. The first-order valence-corrected chi connectivity index (χ1v) is 12.2. The molecule has 1 aromatic heterocycles. The van der Waals surface area contributed by atoms with Gasteiger partial charge < -0.3 is 9.64 Å². The summed E-state index contributed by atoms with van der Waals surface area (Å²) in [6.45, 7) is 9.64. The Labute approximate surface area is 187 Å². The van der Waals surface area contributed by atoms with Crippen molar-refractivity contribution in [2.24, 2.45) is 0 Å². The van der Waals surface area contributed by atoms with Crippen molar-refractivity contribution >= 4 is 44.4 Å². The normalized spacial score (nSPS) is 11.3. The molecule has 0 radical (unpaired) electrons. The molecule has 2 aromatic carbocycles. The van der Waals surface area contributed by atoms with Crippen LogP contribution in [0.3, 0.4) is 0 Å². The highest BCUT2D eigenvalue weighted by molar-refractivity contribution is 7.98. The highest BCUT2D eigenvalue weighted by atomic mass is 32.2. The third kappa shape index (κ3) is 4.63. The van der Waals surface area contributed by atoms with Crippen molar-refractivity contribution in [2.75, 3.05) is 44.4 Å². The van der Waals surface area contributed by atoms with Crippen molar-refractivity contribution in [3.8, 4) is 5.75 Å². The number of thioether (sulfide) groups is 1. The van der Waals surface area contributed by atoms with E-state index in [1.54, 1.807) is 30.2 Å². The lowest BCUT2D eigenvalue weighted by Gasteiger charge is -2.25. The van der Waals surface area contributed by atoms with E-state index in [-0.39, 0.29) is 5.91 Å². The zero-order chi connectivity index (χ0) is 21.7. The van der Waals surface area contributed by atoms with Gasteiger partial charge in [-0.25, -0.2) is 4.98 Å². The van der Waals surface area contributed by atoms with Gasteiger partial charge in [0.25, 0.3) is 5.91 Å². The van der Waals surface area contributed by atoms with Crippen LogP contribution in [0.5, 0.6) is 5.75 Å². The Bertz CT molecular complexity index is 1010. The fourth-order valence-electron chi connectivity index (χ4n) is 3.41. The van der Waals surface area contributed by atoms with E-state index in [9.17, 15) is 4.79 Å². The van der Waals surface area contributed by atoms with E-state index < -0.39 is 0 Å². The average molecular weight is 444 g/mol. The Morgan fingerprint density at radius 3 is 2.53 bits per heavy atom. The van der Waals surface area contributed by atoms with E-state index in [0.717, 1.165) is 46.1 Å². The second-order valence-electron chi connectivity index (χ2n) is 6.94. The molecular weight excluding hydrogens is 414 g/mol. The number of anilines is 1. The van der Waals surface area contributed by atoms with Gasteiger partial charge >= 0.3 is 0 Å². The minimum atomic E-state index is -0.0113. The van der Waals surface area contributed by atoms with Crippen LogP contribution >= 0.6 is 23.1 Å². The summed E-state index contributed by atoms with van der Waals surface area (Å²) in [6.07, 6.45) is 2.00. The maximum absolute atomic E-state index is 13.7. The van der Waals surface area contributed by atoms with Gasteiger partial charge in [0.15, 0.2) is 5.13 Å². The number of fused-ring (bicyclic) bond motifs is 1. The molecule has 0 fully saturated rings. The lowest BCUT2D eigenvalue weighted by atomic mass is 10.2. The molecule has 1 amide bonds. The van der Waals surface area contributed by atoms with Gasteiger partial charge in [-0.1, -0.05) is 43.4 Å². The monoisotopic (exact) mass is 443 g/mol. The quantitative estimate of drug-likeness (QED) is 0.419. The number of carbonyl (C=O) groups excluding carboxylic acids is 1. The maximum atomic E-state index is 13.7. The summed E-state index contributed by atoms with van der Waals surface area (Å²) in [6, 6.07) is 11.8. The molecule has 0 saturated carbocycles. The summed E-state index contributed by atoms with van der Waals surface area (Å²) in [4.78, 5) is 23.6. The number of ether oxygens (including phenoxy) is 1. The molecule has 1 heterocycles. The zero-order valence-electron chi connectivity index (χ0n) is 18.3. The van der Waals surface area contributed by atoms with E-state index in [1.807, 2.05) is 47.6 Å². The Kier molecular flexibility index (Phi) is 7.75. The van der Waals surface area contributed by atoms with Crippen LogP contribution in [0.25, 0.3) is 10.2 Å². The van der Waals surface area contributed by atoms with Gasteiger partial charge in [0.2, 0.25) is 0 Å². The predicted octanol–water partition coefficient (Wildman–Crippen LogP) is 5.32. The molecule has 30 heavy (non-hydrogen) atoms. The first-order valence-electron chi connectivity index (χ1n) is 10.1. The Balaban J connectivity index is 2.06. The van der Waals surface area contributed by atoms with Gasteiger partial charge in [0, 0.05) is 18.0 Å². The standard InChI is InChI=1S/C23H29N3O2S2/c1-6-25(7-2)14-15-26(22(27)17-10-8-9-11-19(17)29-5)23-24-20-18(28-4)13-12-16(3)21(20)30-23/h8-13H,6-7,14-15H2,1-5H3. The summed E-state index contributed by atoms with van der Waals surface area (Å²) in [5.74, 6) is 0.724. The fraction of sp³-hybridized carbons (Fsp3) is 0.391. The Morgan fingerprint density at radius 1 is 1.13 bits per heavy atom. The number of likely N-dealkylation sites (N-methyl/N-ethyl adjacent to an activating group) is 1. The Hall–Kier alpha value is -2.09. The average Bonchev–Trinajstić information content (AvgIpc) is 3.22. The van der Waals surface area contributed by atoms with Gasteiger partial charge in [-0.2, -0.15) is 0 Å². The summed E-state index contributed by atoms with van der Waals surface area (Å²) in [5, 5.41) is 0.714. The smallest absolute Gasteiger partial charge is 0.261 e. The number of aryl methyl sites for hydroxylation is 1. The fourth-order valence-corrected chi connectivity index (χ4v) is 5.08. The number of carbonyl (C=O) groups is 1. The molecule has 0 aliphatic heterocycles. The molecule has 0 N–H and O–H groups in total. The lowest BCUT2D eigenvalue weighted by Crippen LogP contribution is -2.39. The molecule has 0 saturated heterocycles. The molecule has 0 aliphatic carbocycles. The van der Waals surface area contributed by atoms with Gasteiger partial charge in [0.1, 0.15) is 11.3 Å². The molecule has 3 aromatic rings. The number of aromatic nitrogens is 1. The van der Waals surface area contributed by atoms with Crippen LogP contribution in [-0.4, -0.2) is 55.3 Å². The second-order valence-corrected chi connectivity index (χ2v) is 8.77. The summed E-state index contributed by atoms with van der Waals surface area (Å²) >= 11 is 3.14. The SMILES string of the molecule is CCN(CC)CCN(C(=O)c1ccccc1SC)c1nc2c(OC)ccc(C)c2s1. The van der Waals surface area contributed by atoms with Crippen molar-refractivity contribution in [1.29, 1.82) is 0 Å². The lowest BCUT2D eigenvalue weighted by molar-refractivity contribution is 0.0981. The van der Waals surface area contributed by atoms with Gasteiger partial charge in [0.05, 0.1) is 17.4 Å². The molecule has 0 aliphatic rings. The van der Waals surface area contributed by atoms with Crippen LogP contribution in [0.4, 0.5) is 5.13 Å². The minimum absolute atomic E-state index is 0.0113. The van der Waals surface area contributed by atoms with Gasteiger partial charge in [-0.15, -0.1) is 11.8 Å². The van der Waals surface area contributed by atoms with Crippen molar-refractivity contribution in [2.45, 2.75) is 25.7 Å². The van der Waals surface area contributed by atoms with Crippen LogP contribution in [0.2, 0.25) is 0 Å². The number of methoxy groups -OCH3 is 1. The molecule has 7 heteroatoms. The molecule has 0 unspecified atom stereocenters. The third-order valence-corrected chi connectivity index (χ3v) is 7.27. The van der Waals surface area contributed by atoms with Crippen LogP contribution in [-0.2, 0) is 0 Å². The number of hydrogen-bond acceptors (Lipinski definition) is 6. The van der Waals surface area contributed by atoms with Crippen LogP contribution in [0.1, 0.15) is 29.8 Å². The van der Waals surface area contributed by atoms with Crippen molar-refractivity contribution in [1.82, 2.24) is 9.88 Å². The predicted molar refractivity (Wildman–Crippen MR) is 129 cm³/mol. The highest BCUT2D eigenvalue weighted by Gasteiger charge is 2.24. The van der Waals surface area contributed by atoms with Crippen LogP contribution < -0.4 is 9.64 Å². The van der Waals surface area contributed by atoms with Gasteiger partial charge in [-0.3, -0.25) is 9.69 Å². The number of amides is 1. The molecule has 3 rings (SSSR count). The zero-order valence-corrected chi connectivity index (χ0v) is 19.9. The highest BCUT2D eigenvalue weighted by Crippen LogP contribution is 2.37. The largest absolute Gasteiger partial charge is 0.494 e. The van der Waals surface area contributed by atoms with E-state index in [0.29, 0.717) is 17.2 Å². The maximum Gasteiger partial charge on any atom is 0.261 e. The summed E-state index contributed by atoms with van der Waals surface area (Å²) in [5.41, 5.74) is 2.67. The van der Waals surface area contributed by atoms with E-state index in [2.05, 4.69) is 25.7 Å². The Morgan fingerprint density at radius 2 is 1.87 bits per heavy atom. The van der Waals surface area contributed by atoms with Crippen LogP contribution in [0.15, 0.2) is 41.3 Å². The topological polar surface area (TPSA) is 45.7 Å². The number of hydrogen-bond donors (Lipinski definition) is 0. The molecule has 5 nitrogen and oxygen atoms in total. The number of rotatable bonds is 9. The molecule has 0 spiro atoms. The minimum Gasteiger partial charge on any atom is -0.494 e. The number of benzene rings is 2. The number of thiazole rings is 1. The molecular formula is C23H29N3O2S2. The van der Waals surface area contributed by atoms with E-state index >= 15 is 0 Å². The molecule has 160 valence electrons. The van der Waals surface area contributed by atoms with E-state index in [4.69, 9.17) is 9.72 Å². The number of nitrogens with zero attached hydrogens (tertiary/aromatic N) is 3. The first-order chi connectivity index (χ1) is 14.5. The van der Waals surface area contributed by atoms with E-state index in [1.165, 1.54) is 0 Å². The second kappa shape index (κ2) is 10.3. The third-order valence-electron chi connectivity index (χ3n) is 5.26. The van der Waals surface area contributed by atoms with Gasteiger partial charge in [-0.05, 0) is 50.0 Å². The van der Waals surface area contributed by atoms with Crippen molar-refractivity contribution in [3.05, 3.63) is 47.5 Å². The first kappa shape index (κ1) is 22.6. The summed E-state index contributed by atoms with van der Waals surface area (Å²) in [7, 11) is 1.65. The molecule has 0 atom stereocenters. The van der Waals surface area contributed by atoms with Crippen molar-refractivity contribution < 1.29 is 9.53 Å².